The number of piperidine rings is 2. The standard InChI is InChI=1S/C29H38F5N5O3S/c1-43(41,42)38-12-2-20(3-13-38)25(21-14-22(30)16-23(31)15-21)6-10-36-8-4-24(5-9-36)39-19-35-26-18-37(11-7-27(26)39)28(40)17-29(32,33)34/h14-16,19-20,24-25H,2-13,17-18H2,1H3. The molecule has 3 aliphatic rings. The van der Waals surface area contributed by atoms with Crippen LogP contribution in [0.3, 0.4) is 0 Å². The maximum Gasteiger partial charge on any atom is 0.397 e. The van der Waals surface area contributed by atoms with E-state index in [-0.39, 0.29) is 31.0 Å². The third kappa shape index (κ3) is 7.93. The zero-order valence-corrected chi connectivity index (χ0v) is 25.0. The lowest BCUT2D eigenvalue weighted by Gasteiger charge is -2.38. The Hall–Kier alpha value is -2.58. The average molecular weight is 632 g/mol. The summed E-state index contributed by atoms with van der Waals surface area (Å²) in [5.74, 6) is -2.16. The lowest BCUT2D eigenvalue weighted by Crippen LogP contribution is -2.40. The smallest absolute Gasteiger partial charge is 0.336 e. The van der Waals surface area contributed by atoms with E-state index in [2.05, 4.69) is 14.5 Å². The maximum atomic E-state index is 14.2. The van der Waals surface area contributed by atoms with E-state index in [4.69, 9.17) is 0 Å². The van der Waals surface area contributed by atoms with Crippen molar-refractivity contribution in [2.45, 2.75) is 69.6 Å². The fourth-order valence-corrected chi connectivity index (χ4v) is 7.83. The van der Waals surface area contributed by atoms with Crippen LogP contribution in [0, 0.1) is 17.6 Å². The zero-order chi connectivity index (χ0) is 30.9. The molecule has 0 spiro atoms. The number of hydrogen-bond acceptors (Lipinski definition) is 5. The van der Waals surface area contributed by atoms with Gasteiger partial charge in [-0.3, -0.25) is 4.79 Å². The first-order valence-electron chi connectivity index (χ1n) is 14.8. The molecule has 1 aromatic carbocycles. The van der Waals surface area contributed by atoms with Crippen LogP contribution in [0.5, 0.6) is 0 Å². The third-order valence-electron chi connectivity index (χ3n) is 9.20. The van der Waals surface area contributed by atoms with Gasteiger partial charge in [0.1, 0.15) is 18.1 Å². The van der Waals surface area contributed by atoms with Crippen molar-refractivity contribution in [2.24, 2.45) is 5.92 Å². The highest BCUT2D eigenvalue weighted by molar-refractivity contribution is 7.88. The van der Waals surface area contributed by atoms with Gasteiger partial charge in [0.25, 0.3) is 0 Å². The van der Waals surface area contributed by atoms with Crippen molar-refractivity contribution in [1.29, 1.82) is 0 Å². The topological polar surface area (TPSA) is 78.8 Å². The van der Waals surface area contributed by atoms with Crippen molar-refractivity contribution in [2.75, 3.05) is 45.5 Å². The molecule has 2 saturated heterocycles. The van der Waals surface area contributed by atoms with E-state index in [9.17, 15) is 35.2 Å². The zero-order valence-electron chi connectivity index (χ0n) is 24.2. The summed E-state index contributed by atoms with van der Waals surface area (Å²) in [5, 5.41) is 0. The first-order valence-corrected chi connectivity index (χ1v) is 16.6. The molecule has 0 aliphatic carbocycles. The number of fused-ring (bicyclic) bond motifs is 1. The van der Waals surface area contributed by atoms with E-state index < -0.39 is 40.2 Å². The van der Waals surface area contributed by atoms with Crippen LogP contribution in [-0.4, -0.2) is 89.7 Å². The van der Waals surface area contributed by atoms with Crippen molar-refractivity contribution >= 4 is 15.9 Å². The summed E-state index contributed by atoms with van der Waals surface area (Å²) >= 11 is 0. The second kappa shape index (κ2) is 12.8. The van der Waals surface area contributed by atoms with Crippen LogP contribution < -0.4 is 0 Å². The van der Waals surface area contributed by atoms with E-state index in [1.807, 2.05) is 0 Å². The van der Waals surface area contributed by atoms with Crippen LogP contribution in [0.15, 0.2) is 24.5 Å². The first-order chi connectivity index (χ1) is 20.3. The predicted octanol–water partition coefficient (Wildman–Crippen LogP) is 4.48. The number of benzene rings is 1. The van der Waals surface area contributed by atoms with Crippen LogP contribution in [0.2, 0.25) is 0 Å². The van der Waals surface area contributed by atoms with Crippen LogP contribution in [0.4, 0.5) is 22.0 Å². The highest BCUT2D eigenvalue weighted by Gasteiger charge is 2.36. The average Bonchev–Trinajstić information content (AvgIpc) is 3.35. The minimum atomic E-state index is -4.53. The van der Waals surface area contributed by atoms with Gasteiger partial charge in [-0.05, 0) is 68.2 Å². The number of carbonyl (C=O) groups is 1. The van der Waals surface area contributed by atoms with Gasteiger partial charge in [0, 0.05) is 56.9 Å². The van der Waals surface area contributed by atoms with Crippen LogP contribution >= 0.6 is 0 Å². The quantitative estimate of drug-likeness (QED) is 0.402. The molecule has 1 amide bonds. The van der Waals surface area contributed by atoms with E-state index in [0.717, 1.165) is 44.2 Å². The van der Waals surface area contributed by atoms with E-state index in [0.29, 0.717) is 50.0 Å². The Morgan fingerprint density at radius 2 is 1.65 bits per heavy atom. The molecule has 43 heavy (non-hydrogen) atoms. The fourth-order valence-electron chi connectivity index (χ4n) is 6.96. The summed E-state index contributed by atoms with van der Waals surface area (Å²) in [5.41, 5.74) is 2.23. The molecule has 0 N–H and O–H groups in total. The number of sulfonamides is 1. The van der Waals surface area contributed by atoms with Gasteiger partial charge in [0.2, 0.25) is 15.9 Å². The molecule has 0 saturated carbocycles. The van der Waals surface area contributed by atoms with Crippen molar-refractivity contribution in [3.05, 3.63) is 53.1 Å². The number of likely N-dealkylation sites (tertiary alicyclic amines) is 1. The Bertz CT molecular complexity index is 1380. The Morgan fingerprint density at radius 1 is 1.00 bits per heavy atom. The van der Waals surface area contributed by atoms with Gasteiger partial charge in [0.15, 0.2) is 0 Å². The van der Waals surface area contributed by atoms with E-state index in [1.165, 1.54) is 27.6 Å². The second-order valence-electron chi connectivity index (χ2n) is 12.1. The molecule has 0 bridgehead atoms. The monoisotopic (exact) mass is 631 g/mol. The molecule has 2 fully saturated rings. The van der Waals surface area contributed by atoms with E-state index >= 15 is 0 Å². The number of hydrogen-bond donors (Lipinski definition) is 0. The van der Waals surface area contributed by atoms with Gasteiger partial charge >= 0.3 is 6.18 Å². The second-order valence-corrected chi connectivity index (χ2v) is 14.1. The summed E-state index contributed by atoms with van der Waals surface area (Å²) in [4.78, 5) is 20.1. The summed E-state index contributed by atoms with van der Waals surface area (Å²) in [6, 6.07) is 3.84. The Kier molecular flexibility index (Phi) is 9.48. The van der Waals surface area contributed by atoms with Crippen molar-refractivity contribution < 1.29 is 35.2 Å². The summed E-state index contributed by atoms with van der Waals surface area (Å²) in [6.45, 7) is 3.47. The highest BCUT2D eigenvalue weighted by atomic mass is 32.2. The maximum absolute atomic E-state index is 14.2. The van der Waals surface area contributed by atoms with Crippen molar-refractivity contribution in [3.63, 3.8) is 0 Å². The molecule has 8 nitrogen and oxygen atoms in total. The number of aromatic nitrogens is 2. The SMILES string of the molecule is CS(=O)(=O)N1CCC(C(CCN2CCC(n3cnc4c3CCN(C(=O)CC(F)(F)F)C4)CC2)c2cc(F)cc(F)c2)CC1. The molecule has 4 heterocycles. The van der Waals surface area contributed by atoms with Crippen molar-refractivity contribution in [1.82, 2.24) is 23.7 Å². The first kappa shape index (κ1) is 31.8. The molecule has 14 heteroatoms. The minimum Gasteiger partial charge on any atom is -0.336 e. The molecule has 3 aliphatic heterocycles. The van der Waals surface area contributed by atoms with Gasteiger partial charge < -0.3 is 14.4 Å². The van der Waals surface area contributed by atoms with Gasteiger partial charge in [-0.25, -0.2) is 26.5 Å². The fraction of sp³-hybridized carbons (Fsp3) is 0.655. The molecule has 1 aromatic heterocycles. The lowest BCUT2D eigenvalue weighted by molar-refractivity contribution is -0.162. The largest absolute Gasteiger partial charge is 0.397 e. The Labute approximate surface area is 248 Å². The van der Waals surface area contributed by atoms with Crippen LogP contribution in [0.1, 0.15) is 67.4 Å². The summed E-state index contributed by atoms with van der Waals surface area (Å²) < 4.78 is 94.0. The van der Waals surface area contributed by atoms with Crippen LogP contribution in [0.25, 0.3) is 0 Å². The molecule has 0 radical (unpaired) electrons. The molecule has 1 atom stereocenters. The number of amides is 1. The number of halogens is 5. The normalized spacial score (nSPS) is 20.7. The Balaban J connectivity index is 1.18. The molecular weight excluding hydrogens is 593 g/mol. The number of carbonyl (C=O) groups excluding carboxylic acids is 1. The van der Waals surface area contributed by atoms with E-state index in [1.54, 1.807) is 6.33 Å². The predicted molar refractivity (Wildman–Crippen MR) is 150 cm³/mol. The minimum absolute atomic E-state index is 0.0846. The highest BCUT2D eigenvalue weighted by Crippen LogP contribution is 2.37. The number of rotatable bonds is 8. The van der Waals surface area contributed by atoms with Gasteiger partial charge in [-0.15, -0.1) is 0 Å². The summed E-state index contributed by atoms with van der Waals surface area (Å²) in [7, 11) is -3.29. The molecule has 5 rings (SSSR count). The lowest BCUT2D eigenvalue weighted by atomic mass is 9.78. The van der Waals surface area contributed by atoms with Gasteiger partial charge in [0.05, 0.1) is 24.8 Å². The Morgan fingerprint density at radius 3 is 2.26 bits per heavy atom. The molecule has 1 unspecified atom stereocenters. The number of alkyl halides is 3. The van der Waals surface area contributed by atoms with Crippen molar-refractivity contribution in [3.8, 4) is 0 Å². The van der Waals surface area contributed by atoms with Gasteiger partial charge in [-0.1, -0.05) is 0 Å². The number of imidazole rings is 1. The third-order valence-corrected chi connectivity index (χ3v) is 10.5. The molecular formula is C29H38F5N5O3S. The molecule has 238 valence electrons. The van der Waals surface area contributed by atoms with Crippen LogP contribution in [-0.2, 0) is 27.8 Å². The van der Waals surface area contributed by atoms with Gasteiger partial charge in [-0.2, -0.15) is 13.2 Å². The number of nitrogens with zero attached hydrogens (tertiary/aromatic N) is 5. The molecule has 2 aromatic rings. The summed E-state index contributed by atoms with van der Waals surface area (Å²) in [6.07, 6.45) is 1.06.